The largest absolute Gasteiger partial charge is 0.480 e. The van der Waals surface area contributed by atoms with Crippen molar-refractivity contribution in [2.75, 3.05) is 12.8 Å². The van der Waals surface area contributed by atoms with Gasteiger partial charge in [-0.2, -0.15) is 15.2 Å². The van der Waals surface area contributed by atoms with Gasteiger partial charge in [-0.15, -0.1) is 4.80 Å². The summed E-state index contributed by atoms with van der Waals surface area (Å²) in [4.78, 5) is 5.39. The van der Waals surface area contributed by atoms with Gasteiger partial charge in [0.25, 0.3) is 0 Å². The van der Waals surface area contributed by atoms with Crippen molar-refractivity contribution in [2.45, 2.75) is 0 Å². The van der Waals surface area contributed by atoms with E-state index in [1.165, 1.54) is 24.3 Å². The number of nitrogens with two attached hydrogens (primary N) is 1. The minimum atomic E-state index is 0.290. The molecule has 0 aliphatic heterocycles. The molecule has 0 aliphatic rings. The topological polar surface area (TPSA) is 78.8 Å². The van der Waals surface area contributed by atoms with E-state index in [9.17, 15) is 0 Å². The minimum Gasteiger partial charge on any atom is -0.480 e. The number of rotatable bonds is 2. The van der Waals surface area contributed by atoms with Crippen molar-refractivity contribution in [1.29, 1.82) is 0 Å². The quantitative estimate of drug-likeness (QED) is 0.822. The van der Waals surface area contributed by atoms with Crippen LogP contribution in [0.4, 0.5) is 5.69 Å². The average molecular weight is 226 g/mol. The number of pyridine rings is 1. The average Bonchev–Trinajstić information content (AvgIpc) is 2.71. The lowest BCUT2D eigenvalue weighted by Crippen LogP contribution is -2.07. The van der Waals surface area contributed by atoms with E-state index >= 15 is 0 Å². The Kier molecular flexibility index (Phi) is 2.42. The molecule has 2 heterocycles. The molecule has 0 unspecified atom stereocenters. The summed E-state index contributed by atoms with van der Waals surface area (Å²) in [6.45, 7) is 0. The minimum absolute atomic E-state index is 0.290. The van der Waals surface area contributed by atoms with E-state index in [4.69, 9.17) is 22.1 Å². The highest BCUT2D eigenvalue weighted by atomic mass is 35.5. The van der Waals surface area contributed by atoms with Crippen LogP contribution in [0.3, 0.4) is 0 Å². The Bertz CT molecular complexity index is 470. The van der Waals surface area contributed by atoms with Crippen LogP contribution >= 0.6 is 11.6 Å². The lowest BCUT2D eigenvalue weighted by molar-refractivity contribution is 0.397. The van der Waals surface area contributed by atoms with Gasteiger partial charge in [0.15, 0.2) is 0 Å². The fourth-order valence-electron chi connectivity index (χ4n) is 1.11. The zero-order valence-corrected chi connectivity index (χ0v) is 8.64. The number of nitrogens with zero attached hydrogens (tertiary/aromatic N) is 4. The molecule has 0 radical (unpaired) electrons. The second-order valence-electron chi connectivity index (χ2n) is 2.71. The molecule has 78 valence electrons. The number of methoxy groups -OCH3 is 1. The smallest absolute Gasteiger partial charge is 0.234 e. The van der Waals surface area contributed by atoms with Crippen molar-refractivity contribution < 1.29 is 4.74 Å². The number of nitrogen functional groups attached to an aromatic ring is 1. The molecule has 0 fully saturated rings. The van der Waals surface area contributed by atoms with Gasteiger partial charge in [-0.25, -0.2) is 0 Å². The zero-order valence-electron chi connectivity index (χ0n) is 7.88. The third-order valence-electron chi connectivity index (χ3n) is 1.75. The van der Waals surface area contributed by atoms with E-state index in [0.717, 1.165) is 0 Å². The summed E-state index contributed by atoms with van der Waals surface area (Å²) >= 11 is 5.85. The molecule has 6 nitrogen and oxygen atoms in total. The molecule has 0 saturated heterocycles. The number of anilines is 1. The van der Waals surface area contributed by atoms with Crippen LogP contribution in [-0.2, 0) is 0 Å². The normalized spacial score (nSPS) is 10.3. The van der Waals surface area contributed by atoms with Gasteiger partial charge in [-0.05, 0) is 6.07 Å². The molecular weight excluding hydrogens is 218 g/mol. The summed E-state index contributed by atoms with van der Waals surface area (Å²) < 4.78 is 4.97. The summed E-state index contributed by atoms with van der Waals surface area (Å²) in [5.74, 6) is 0.680. The predicted octanol–water partition coefficient (Wildman–Crippen LogP) is 0.906. The summed E-state index contributed by atoms with van der Waals surface area (Å²) in [5.41, 5.74) is 6.12. The van der Waals surface area contributed by atoms with Gasteiger partial charge < -0.3 is 10.5 Å². The van der Waals surface area contributed by atoms with Gasteiger partial charge in [-0.3, -0.25) is 0 Å². The highest BCUT2D eigenvalue weighted by Crippen LogP contribution is 2.27. The van der Waals surface area contributed by atoms with Crippen LogP contribution in [0.15, 0.2) is 18.5 Å². The van der Waals surface area contributed by atoms with Gasteiger partial charge in [0.05, 0.1) is 25.2 Å². The number of hydrogen-bond donors (Lipinski definition) is 1. The molecule has 2 N–H and O–H groups in total. The van der Waals surface area contributed by atoms with E-state index < -0.39 is 0 Å². The van der Waals surface area contributed by atoms with Crippen LogP contribution in [0, 0.1) is 0 Å². The molecule has 2 aromatic heterocycles. The van der Waals surface area contributed by atoms with Crippen molar-refractivity contribution >= 4 is 17.3 Å². The fraction of sp³-hybridized carbons (Fsp3) is 0.125. The molecular formula is C8H8ClN5O. The Labute approximate surface area is 90.6 Å². The number of halogens is 1. The van der Waals surface area contributed by atoms with Gasteiger partial charge in [0.1, 0.15) is 5.02 Å². The molecule has 0 amide bonds. The third-order valence-corrected chi connectivity index (χ3v) is 2.02. The van der Waals surface area contributed by atoms with Crippen LogP contribution in [0.2, 0.25) is 5.02 Å². The van der Waals surface area contributed by atoms with Crippen LogP contribution < -0.4 is 10.5 Å². The summed E-state index contributed by atoms with van der Waals surface area (Å²) in [5, 5.41) is 8.19. The Morgan fingerprint density at radius 3 is 2.67 bits per heavy atom. The van der Waals surface area contributed by atoms with E-state index in [2.05, 4.69) is 15.2 Å². The highest BCUT2D eigenvalue weighted by molar-refractivity contribution is 6.32. The summed E-state index contributed by atoms with van der Waals surface area (Å²) in [7, 11) is 1.48. The van der Waals surface area contributed by atoms with Crippen LogP contribution in [0.1, 0.15) is 0 Å². The monoisotopic (exact) mass is 225 g/mol. The van der Waals surface area contributed by atoms with E-state index in [1.54, 1.807) is 6.07 Å². The standard InChI is InChI=1S/C8H8ClN5O/c1-15-8-5(9)4-6(10)7(13-8)14-11-2-3-12-14/h2-4H,10H2,1H3. The van der Waals surface area contributed by atoms with E-state index in [-0.39, 0.29) is 5.88 Å². The number of aromatic nitrogens is 4. The molecule has 0 bridgehead atoms. The third kappa shape index (κ3) is 1.71. The first-order valence-corrected chi connectivity index (χ1v) is 4.47. The lowest BCUT2D eigenvalue weighted by atomic mass is 10.4. The molecule has 0 atom stereocenters. The molecule has 0 aromatic carbocycles. The Morgan fingerprint density at radius 2 is 2.07 bits per heavy atom. The first kappa shape index (κ1) is 9.72. The van der Waals surface area contributed by atoms with E-state index in [1.807, 2.05) is 0 Å². The Morgan fingerprint density at radius 1 is 1.40 bits per heavy atom. The maximum absolute atomic E-state index is 5.85. The molecule has 0 saturated carbocycles. The van der Waals surface area contributed by atoms with Crippen molar-refractivity contribution in [3.63, 3.8) is 0 Å². The van der Waals surface area contributed by atoms with Crippen molar-refractivity contribution in [1.82, 2.24) is 20.0 Å². The van der Waals surface area contributed by atoms with Gasteiger partial charge >= 0.3 is 0 Å². The highest BCUT2D eigenvalue weighted by Gasteiger charge is 2.11. The number of hydrogen-bond acceptors (Lipinski definition) is 5. The predicted molar refractivity (Wildman–Crippen MR) is 55.1 cm³/mol. The summed E-state index contributed by atoms with van der Waals surface area (Å²) in [6, 6.07) is 1.55. The van der Waals surface area contributed by atoms with Crippen LogP contribution in [0.5, 0.6) is 5.88 Å². The fourth-order valence-corrected chi connectivity index (χ4v) is 1.34. The van der Waals surface area contributed by atoms with Gasteiger partial charge in [0.2, 0.25) is 11.7 Å². The lowest BCUT2D eigenvalue weighted by Gasteiger charge is -2.07. The first-order chi connectivity index (χ1) is 7.22. The molecule has 0 spiro atoms. The van der Waals surface area contributed by atoms with Crippen LogP contribution in [-0.4, -0.2) is 27.1 Å². The van der Waals surface area contributed by atoms with Gasteiger partial charge in [-0.1, -0.05) is 11.6 Å². The second-order valence-corrected chi connectivity index (χ2v) is 3.12. The molecule has 0 aliphatic carbocycles. The van der Waals surface area contributed by atoms with Crippen molar-refractivity contribution in [2.24, 2.45) is 0 Å². The first-order valence-electron chi connectivity index (χ1n) is 4.09. The van der Waals surface area contributed by atoms with Gasteiger partial charge in [0, 0.05) is 0 Å². The maximum atomic E-state index is 5.85. The molecule has 2 aromatic rings. The van der Waals surface area contributed by atoms with Crippen LogP contribution in [0.25, 0.3) is 5.82 Å². The maximum Gasteiger partial charge on any atom is 0.234 e. The second kappa shape index (κ2) is 3.74. The molecule has 15 heavy (non-hydrogen) atoms. The Hall–Kier alpha value is -1.82. The zero-order chi connectivity index (χ0) is 10.8. The van der Waals surface area contributed by atoms with Crippen molar-refractivity contribution in [3.05, 3.63) is 23.5 Å². The van der Waals surface area contributed by atoms with E-state index in [0.29, 0.717) is 16.5 Å². The Balaban J connectivity index is 2.57. The molecule has 2 rings (SSSR count). The van der Waals surface area contributed by atoms with Crippen molar-refractivity contribution in [3.8, 4) is 11.7 Å². The molecule has 7 heteroatoms. The SMILES string of the molecule is COc1nc(-n2nccn2)c(N)cc1Cl. The summed E-state index contributed by atoms with van der Waals surface area (Å²) in [6.07, 6.45) is 3.06. The number of ether oxygens (including phenoxy) is 1.